The van der Waals surface area contributed by atoms with Gasteiger partial charge in [-0.15, -0.1) is 0 Å². The lowest BCUT2D eigenvalue weighted by molar-refractivity contribution is -0.139. The van der Waals surface area contributed by atoms with E-state index >= 15 is 0 Å². The first kappa shape index (κ1) is 15.8. The van der Waals surface area contributed by atoms with E-state index in [4.69, 9.17) is 4.74 Å². The number of nitrogens with one attached hydrogen (secondary N) is 2. The van der Waals surface area contributed by atoms with E-state index in [2.05, 4.69) is 22.1 Å². The number of aromatic amines is 2. The number of carbonyl (C=O) groups excluding carboxylic acids is 1. The average Bonchev–Trinajstić information content (AvgIpc) is 3.04. The molecule has 0 saturated carbocycles. The van der Waals surface area contributed by atoms with Crippen molar-refractivity contribution in [1.29, 1.82) is 0 Å². The van der Waals surface area contributed by atoms with Crippen LogP contribution in [0.4, 0.5) is 0 Å². The van der Waals surface area contributed by atoms with Crippen LogP contribution < -0.4 is 11.2 Å². The summed E-state index contributed by atoms with van der Waals surface area (Å²) in [6, 6.07) is 8.17. The number of rotatable bonds is 3. The van der Waals surface area contributed by atoms with Crippen LogP contribution in [-0.2, 0) is 29.0 Å². The van der Waals surface area contributed by atoms with Gasteiger partial charge in [0.1, 0.15) is 6.61 Å². The van der Waals surface area contributed by atoms with Gasteiger partial charge in [0, 0.05) is 5.69 Å². The molecule has 1 amide bonds. The molecule has 0 fully saturated rings. The minimum absolute atomic E-state index is 0.0326. The molecule has 7 heteroatoms. The van der Waals surface area contributed by atoms with Gasteiger partial charge in [-0.3, -0.25) is 14.6 Å². The summed E-state index contributed by atoms with van der Waals surface area (Å²) in [7, 11) is 0. The standard InChI is InChI=1S/C18H19N3O4/c22-16(21-8-13-14(9-21)19-18(24)20-17(13)23)10-25-15-7-3-5-11-4-1-2-6-12(11)15/h1-2,4,6,15H,3,5,7-10H2,(H2,19,20,23,24). The Hall–Kier alpha value is -2.67. The van der Waals surface area contributed by atoms with Crippen LogP contribution in [0.2, 0.25) is 0 Å². The third-order valence-electron chi connectivity index (χ3n) is 4.90. The van der Waals surface area contributed by atoms with Crippen molar-refractivity contribution in [3.05, 3.63) is 67.5 Å². The summed E-state index contributed by atoms with van der Waals surface area (Å²) >= 11 is 0. The van der Waals surface area contributed by atoms with Crippen molar-refractivity contribution in [2.24, 2.45) is 0 Å². The number of benzene rings is 1. The highest BCUT2D eigenvalue weighted by Crippen LogP contribution is 2.32. The molecule has 2 aliphatic rings. The highest BCUT2D eigenvalue weighted by molar-refractivity contribution is 5.78. The van der Waals surface area contributed by atoms with Gasteiger partial charge in [-0.05, 0) is 30.4 Å². The fourth-order valence-corrected chi connectivity index (χ4v) is 3.62. The van der Waals surface area contributed by atoms with Gasteiger partial charge in [0.25, 0.3) is 5.56 Å². The summed E-state index contributed by atoms with van der Waals surface area (Å²) < 4.78 is 5.89. The molecule has 1 aromatic heterocycles. The van der Waals surface area contributed by atoms with E-state index in [1.54, 1.807) is 0 Å². The molecule has 130 valence electrons. The predicted molar refractivity (Wildman–Crippen MR) is 90.0 cm³/mol. The quantitative estimate of drug-likeness (QED) is 0.871. The molecule has 1 atom stereocenters. The lowest BCUT2D eigenvalue weighted by atomic mass is 9.89. The van der Waals surface area contributed by atoms with Crippen LogP contribution >= 0.6 is 0 Å². The SMILES string of the molecule is O=C(COC1CCCc2ccccc21)N1Cc2[nH]c(=O)[nH]c(=O)c2C1. The molecule has 4 rings (SSSR count). The van der Waals surface area contributed by atoms with E-state index in [1.807, 2.05) is 12.1 Å². The summed E-state index contributed by atoms with van der Waals surface area (Å²) in [5, 5.41) is 0. The number of nitrogens with zero attached hydrogens (tertiary/aromatic N) is 1. The van der Waals surface area contributed by atoms with Crippen LogP contribution in [-0.4, -0.2) is 27.4 Å². The molecule has 25 heavy (non-hydrogen) atoms. The zero-order valence-electron chi connectivity index (χ0n) is 13.7. The molecule has 7 nitrogen and oxygen atoms in total. The van der Waals surface area contributed by atoms with Gasteiger partial charge in [-0.1, -0.05) is 24.3 Å². The Balaban J connectivity index is 1.42. The van der Waals surface area contributed by atoms with Crippen LogP contribution in [0.5, 0.6) is 0 Å². The predicted octanol–water partition coefficient (Wildman–Crippen LogP) is 1.000. The summed E-state index contributed by atoms with van der Waals surface area (Å²) in [6.07, 6.45) is 2.92. The second kappa shape index (κ2) is 6.33. The van der Waals surface area contributed by atoms with Gasteiger partial charge >= 0.3 is 5.69 Å². The summed E-state index contributed by atoms with van der Waals surface area (Å²) in [4.78, 5) is 41.9. The monoisotopic (exact) mass is 341 g/mol. The number of fused-ring (bicyclic) bond motifs is 2. The van der Waals surface area contributed by atoms with Gasteiger partial charge in [-0.25, -0.2) is 4.79 Å². The first-order valence-electron chi connectivity index (χ1n) is 8.43. The van der Waals surface area contributed by atoms with Crippen molar-refractivity contribution < 1.29 is 9.53 Å². The van der Waals surface area contributed by atoms with Gasteiger partial charge in [-0.2, -0.15) is 0 Å². The van der Waals surface area contributed by atoms with Crippen molar-refractivity contribution in [1.82, 2.24) is 14.9 Å². The minimum Gasteiger partial charge on any atom is -0.364 e. The molecule has 0 saturated heterocycles. The number of aromatic nitrogens is 2. The maximum Gasteiger partial charge on any atom is 0.325 e. The summed E-state index contributed by atoms with van der Waals surface area (Å²) in [6.45, 7) is 0.401. The molecule has 2 aromatic rings. The number of hydrogen-bond acceptors (Lipinski definition) is 4. The second-order valence-corrected chi connectivity index (χ2v) is 6.51. The molecule has 0 radical (unpaired) electrons. The van der Waals surface area contributed by atoms with Crippen molar-refractivity contribution in [3.63, 3.8) is 0 Å². The van der Waals surface area contributed by atoms with E-state index in [1.165, 1.54) is 10.5 Å². The first-order valence-corrected chi connectivity index (χ1v) is 8.43. The molecule has 0 spiro atoms. The van der Waals surface area contributed by atoms with Crippen LogP contribution in [0.1, 0.15) is 41.3 Å². The molecule has 0 bridgehead atoms. The Morgan fingerprint density at radius 1 is 1.20 bits per heavy atom. The Bertz CT molecular complexity index is 930. The van der Waals surface area contributed by atoms with E-state index in [0.717, 1.165) is 24.8 Å². The van der Waals surface area contributed by atoms with Gasteiger partial charge in [0.2, 0.25) is 5.91 Å². The zero-order chi connectivity index (χ0) is 17.4. The van der Waals surface area contributed by atoms with Gasteiger partial charge in [0.15, 0.2) is 0 Å². The molecule has 2 N–H and O–H groups in total. The topological polar surface area (TPSA) is 95.3 Å². The number of carbonyl (C=O) groups is 1. The van der Waals surface area contributed by atoms with Gasteiger partial charge < -0.3 is 14.6 Å². The third-order valence-corrected chi connectivity index (χ3v) is 4.90. The lowest BCUT2D eigenvalue weighted by Crippen LogP contribution is -2.31. The first-order chi connectivity index (χ1) is 12.1. The number of amides is 1. The van der Waals surface area contributed by atoms with Crippen molar-refractivity contribution >= 4 is 5.91 Å². The Labute approximate surface area is 143 Å². The zero-order valence-corrected chi connectivity index (χ0v) is 13.7. The normalized spacial score (nSPS) is 18.7. The Kier molecular flexibility index (Phi) is 4.01. The molecular weight excluding hydrogens is 322 g/mol. The molecule has 1 unspecified atom stereocenters. The fourth-order valence-electron chi connectivity index (χ4n) is 3.62. The van der Waals surface area contributed by atoms with Crippen LogP contribution in [0.25, 0.3) is 0 Å². The number of H-pyrrole nitrogens is 2. The third kappa shape index (κ3) is 3.02. The number of ether oxygens (including phenoxy) is 1. The maximum absolute atomic E-state index is 12.5. The fraction of sp³-hybridized carbons (Fsp3) is 0.389. The molecule has 1 aliphatic carbocycles. The van der Waals surface area contributed by atoms with E-state index in [0.29, 0.717) is 11.3 Å². The minimum atomic E-state index is -0.548. The van der Waals surface area contributed by atoms with Crippen molar-refractivity contribution in [3.8, 4) is 0 Å². The Morgan fingerprint density at radius 3 is 2.92 bits per heavy atom. The van der Waals surface area contributed by atoms with Crippen LogP contribution in [0.15, 0.2) is 33.9 Å². The van der Waals surface area contributed by atoms with E-state index < -0.39 is 11.2 Å². The second-order valence-electron chi connectivity index (χ2n) is 6.51. The summed E-state index contributed by atoms with van der Waals surface area (Å²) in [5.74, 6) is -0.181. The lowest BCUT2D eigenvalue weighted by Gasteiger charge is -2.26. The van der Waals surface area contributed by atoms with Gasteiger partial charge in [0.05, 0.1) is 24.8 Å². The summed E-state index contributed by atoms with van der Waals surface area (Å²) in [5.41, 5.74) is 2.40. The molecule has 1 aliphatic heterocycles. The van der Waals surface area contributed by atoms with Crippen molar-refractivity contribution in [2.45, 2.75) is 38.5 Å². The largest absolute Gasteiger partial charge is 0.364 e. The van der Waals surface area contributed by atoms with E-state index in [9.17, 15) is 14.4 Å². The Morgan fingerprint density at radius 2 is 2.04 bits per heavy atom. The molecule has 1 aromatic carbocycles. The maximum atomic E-state index is 12.5. The average molecular weight is 341 g/mol. The number of hydrogen-bond donors (Lipinski definition) is 2. The number of aryl methyl sites for hydroxylation is 1. The smallest absolute Gasteiger partial charge is 0.325 e. The van der Waals surface area contributed by atoms with E-state index in [-0.39, 0.29) is 31.7 Å². The van der Waals surface area contributed by atoms with Crippen molar-refractivity contribution in [2.75, 3.05) is 6.61 Å². The van der Waals surface area contributed by atoms with Crippen LogP contribution in [0, 0.1) is 0 Å². The van der Waals surface area contributed by atoms with Crippen LogP contribution in [0.3, 0.4) is 0 Å². The molecular formula is C18H19N3O4. The highest BCUT2D eigenvalue weighted by Gasteiger charge is 2.28. The molecule has 2 heterocycles. The highest BCUT2D eigenvalue weighted by atomic mass is 16.5.